The molecule has 1 aliphatic heterocycles. The Labute approximate surface area is 126 Å². The van der Waals surface area contributed by atoms with Crippen molar-refractivity contribution >= 4 is 11.8 Å². The fourth-order valence-electron chi connectivity index (χ4n) is 2.24. The van der Waals surface area contributed by atoms with Gasteiger partial charge in [0.05, 0.1) is 13.2 Å². The number of nitrogens with one attached hydrogen (secondary N) is 1. The molecular weight excluding hydrogens is 270 g/mol. The molecule has 0 fully saturated rings. The zero-order valence-electron chi connectivity index (χ0n) is 12.5. The van der Waals surface area contributed by atoms with Gasteiger partial charge in [-0.25, -0.2) is 0 Å². The van der Waals surface area contributed by atoms with Crippen LogP contribution in [0.1, 0.15) is 33.1 Å². The summed E-state index contributed by atoms with van der Waals surface area (Å²) < 4.78 is 11.4. The monoisotopic (exact) mass is 295 g/mol. The number of fused-ring (bicyclic) bond motifs is 1. The quantitative estimate of drug-likeness (QED) is 0.613. The van der Waals surface area contributed by atoms with E-state index in [9.17, 15) is 0 Å². The van der Waals surface area contributed by atoms with Crippen molar-refractivity contribution in [3.8, 4) is 11.5 Å². The van der Waals surface area contributed by atoms with E-state index in [1.807, 2.05) is 17.8 Å². The summed E-state index contributed by atoms with van der Waals surface area (Å²) in [7, 11) is 0. The van der Waals surface area contributed by atoms with Crippen molar-refractivity contribution in [2.45, 2.75) is 44.0 Å². The summed E-state index contributed by atoms with van der Waals surface area (Å²) in [5.41, 5.74) is 0. The molecule has 1 N–H and O–H groups in total. The maximum atomic E-state index is 5.71. The lowest BCUT2D eigenvalue weighted by molar-refractivity contribution is 0.297. The summed E-state index contributed by atoms with van der Waals surface area (Å²) in [4.78, 5) is 1.25. The summed E-state index contributed by atoms with van der Waals surface area (Å²) >= 11 is 1.86. The Kier molecular flexibility index (Phi) is 6.54. The van der Waals surface area contributed by atoms with Crippen LogP contribution in [-0.4, -0.2) is 31.6 Å². The lowest BCUT2D eigenvalue weighted by atomic mass is 10.2. The molecule has 1 heterocycles. The van der Waals surface area contributed by atoms with Gasteiger partial charge < -0.3 is 14.8 Å². The van der Waals surface area contributed by atoms with Crippen LogP contribution in [0.25, 0.3) is 0 Å². The van der Waals surface area contributed by atoms with Crippen LogP contribution in [0.4, 0.5) is 0 Å². The van der Waals surface area contributed by atoms with Crippen molar-refractivity contribution in [2.24, 2.45) is 0 Å². The molecule has 2 rings (SSSR count). The number of rotatable bonds is 7. The fraction of sp³-hybridized carbons (Fsp3) is 0.625. The Balaban J connectivity index is 1.80. The average Bonchev–Trinajstić information content (AvgIpc) is 2.72. The number of benzene rings is 1. The molecule has 4 heteroatoms. The minimum absolute atomic E-state index is 0.652. The molecule has 0 unspecified atom stereocenters. The van der Waals surface area contributed by atoms with E-state index in [1.165, 1.54) is 17.7 Å². The second kappa shape index (κ2) is 8.42. The number of hydrogen-bond donors (Lipinski definition) is 1. The second-order valence-corrected chi connectivity index (χ2v) is 6.14. The Bertz CT molecular complexity index is 407. The normalized spacial score (nSPS) is 14.3. The summed E-state index contributed by atoms with van der Waals surface area (Å²) in [5.74, 6) is 2.85. The van der Waals surface area contributed by atoms with Crippen LogP contribution in [0.3, 0.4) is 0 Å². The smallest absolute Gasteiger partial charge is 0.162 e. The predicted octanol–water partition coefficient (Wildman–Crippen LogP) is 3.72. The van der Waals surface area contributed by atoms with E-state index in [0.29, 0.717) is 6.04 Å². The van der Waals surface area contributed by atoms with E-state index in [0.717, 1.165) is 43.4 Å². The van der Waals surface area contributed by atoms with Crippen LogP contribution < -0.4 is 14.8 Å². The lowest BCUT2D eigenvalue weighted by Gasteiger charge is -2.14. The molecular formula is C16H25NO2S. The first-order valence-corrected chi connectivity index (χ1v) is 8.57. The van der Waals surface area contributed by atoms with Crippen molar-refractivity contribution in [1.82, 2.24) is 5.32 Å². The third-order valence-electron chi connectivity index (χ3n) is 3.51. The molecule has 1 aromatic carbocycles. The molecule has 1 aromatic rings. The van der Waals surface area contributed by atoms with E-state index in [4.69, 9.17) is 9.47 Å². The van der Waals surface area contributed by atoms with Crippen molar-refractivity contribution in [3.05, 3.63) is 18.2 Å². The molecule has 0 amide bonds. The van der Waals surface area contributed by atoms with Gasteiger partial charge in [0.25, 0.3) is 0 Å². The largest absolute Gasteiger partial charge is 0.490 e. The average molecular weight is 295 g/mol. The molecule has 0 spiro atoms. The second-order valence-electron chi connectivity index (χ2n) is 4.98. The number of thioether (sulfide) groups is 1. The predicted molar refractivity (Wildman–Crippen MR) is 85.1 cm³/mol. The molecule has 20 heavy (non-hydrogen) atoms. The summed E-state index contributed by atoms with van der Waals surface area (Å²) in [5, 5.41) is 3.58. The topological polar surface area (TPSA) is 30.5 Å². The van der Waals surface area contributed by atoms with Gasteiger partial charge in [-0.3, -0.25) is 0 Å². The van der Waals surface area contributed by atoms with E-state index < -0.39 is 0 Å². The van der Waals surface area contributed by atoms with Crippen LogP contribution in [0.2, 0.25) is 0 Å². The Morgan fingerprint density at radius 3 is 2.65 bits per heavy atom. The maximum Gasteiger partial charge on any atom is 0.162 e. The summed E-state index contributed by atoms with van der Waals surface area (Å²) in [6, 6.07) is 6.90. The van der Waals surface area contributed by atoms with Gasteiger partial charge in [-0.15, -0.1) is 11.8 Å². The molecule has 3 nitrogen and oxygen atoms in total. The molecule has 0 atom stereocenters. The molecule has 0 aromatic heterocycles. The highest BCUT2D eigenvalue weighted by Gasteiger charge is 2.10. The molecule has 0 bridgehead atoms. The molecule has 0 saturated carbocycles. The van der Waals surface area contributed by atoms with Crippen LogP contribution in [0, 0.1) is 0 Å². The minimum Gasteiger partial charge on any atom is -0.490 e. The first-order valence-electron chi connectivity index (χ1n) is 7.59. The van der Waals surface area contributed by atoms with E-state index in [1.54, 1.807) is 0 Å². The van der Waals surface area contributed by atoms with Crippen molar-refractivity contribution in [3.63, 3.8) is 0 Å². The molecule has 0 radical (unpaired) electrons. The highest BCUT2D eigenvalue weighted by molar-refractivity contribution is 7.99. The molecule has 112 valence electrons. The van der Waals surface area contributed by atoms with Crippen LogP contribution in [0.5, 0.6) is 11.5 Å². The third-order valence-corrected chi connectivity index (χ3v) is 4.50. The molecule has 0 saturated heterocycles. The van der Waals surface area contributed by atoms with Gasteiger partial charge in [-0.1, -0.05) is 13.8 Å². The third kappa shape index (κ3) is 4.60. The maximum absolute atomic E-state index is 5.71. The highest BCUT2D eigenvalue weighted by atomic mass is 32.2. The SMILES string of the molecule is CCC(CC)NCCSc1ccc2c(c1)OCCCO2. The lowest BCUT2D eigenvalue weighted by Crippen LogP contribution is -2.29. The number of ether oxygens (including phenoxy) is 2. The van der Waals surface area contributed by atoms with Crippen molar-refractivity contribution in [2.75, 3.05) is 25.5 Å². The fourth-order valence-corrected chi connectivity index (χ4v) is 3.05. The first-order chi connectivity index (χ1) is 9.83. The highest BCUT2D eigenvalue weighted by Crippen LogP contribution is 2.33. The summed E-state index contributed by atoms with van der Waals surface area (Å²) in [6.07, 6.45) is 3.35. The van der Waals surface area contributed by atoms with Gasteiger partial charge in [-0.05, 0) is 31.0 Å². The van der Waals surface area contributed by atoms with Gasteiger partial charge in [0.1, 0.15) is 0 Å². The van der Waals surface area contributed by atoms with Gasteiger partial charge in [0.15, 0.2) is 11.5 Å². The Morgan fingerprint density at radius 2 is 1.90 bits per heavy atom. The van der Waals surface area contributed by atoms with Gasteiger partial charge in [0.2, 0.25) is 0 Å². The first kappa shape index (κ1) is 15.5. The van der Waals surface area contributed by atoms with Crippen LogP contribution in [0.15, 0.2) is 23.1 Å². The summed E-state index contributed by atoms with van der Waals surface area (Å²) in [6.45, 7) is 7.01. The van der Waals surface area contributed by atoms with E-state index in [-0.39, 0.29) is 0 Å². The van der Waals surface area contributed by atoms with Gasteiger partial charge >= 0.3 is 0 Å². The van der Waals surface area contributed by atoms with Gasteiger partial charge in [-0.2, -0.15) is 0 Å². The Morgan fingerprint density at radius 1 is 1.15 bits per heavy atom. The Hall–Kier alpha value is -0.870. The van der Waals surface area contributed by atoms with Crippen LogP contribution >= 0.6 is 11.8 Å². The van der Waals surface area contributed by atoms with Crippen LogP contribution in [-0.2, 0) is 0 Å². The van der Waals surface area contributed by atoms with Crippen molar-refractivity contribution < 1.29 is 9.47 Å². The zero-order chi connectivity index (χ0) is 14.2. The minimum atomic E-state index is 0.652. The van der Waals surface area contributed by atoms with E-state index in [2.05, 4.69) is 31.3 Å². The standard InChI is InChI=1S/C16H25NO2S/c1-3-13(4-2)17-8-11-20-14-6-7-15-16(12-14)19-10-5-9-18-15/h6-7,12-13,17H,3-5,8-11H2,1-2H3. The zero-order valence-corrected chi connectivity index (χ0v) is 13.3. The van der Waals surface area contributed by atoms with E-state index >= 15 is 0 Å². The molecule has 1 aliphatic rings. The van der Waals surface area contributed by atoms with Gasteiger partial charge in [0, 0.05) is 29.7 Å². The molecule has 0 aliphatic carbocycles. The van der Waals surface area contributed by atoms with Crippen molar-refractivity contribution in [1.29, 1.82) is 0 Å². The number of hydrogen-bond acceptors (Lipinski definition) is 4.